The number of carbonyl (C=O) groups is 1. The van der Waals surface area contributed by atoms with Crippen molar-refractivity contribution < 1.29 is 9.18 Å². The van der Waals surface area contributed by atoms with Crippen LogP contribution < -0.4 is 11.1 Å². The van der Waals surface area contributed by atoms with Crippen LogP contribution in [0.4, 0.5) is 4.39 Å². The van der Waals surface area contributed by atoms with Gasteiger partial charge < -0.3 is 11.1 Å². The normalized spacial score (nSPS) is 20.3. The van der Waals surface area contributed by atoms with Crippen molar-refractivity contribution >= 4 is 17.5 Å². The Hall–Kier alpha value is -1.95. The fraction of sp³-hybridized carbons (Fsp3) is 0.381. The number of rotatable bonds is 6. The van der Waals surface area contributed by atoms with Gasteiger partial charge in [-0.3, -0.25) is 9.69 Å². The molecule has 0 radical (unpaired) electrons. The Morgan fingerprint density at radius 2 is 2.00 bits per heavy atom. The highest BCUT2D eigenvalue weighted by Gasteiger charge is 2.36. The molecule has 0 saturated carbocycles. The van der Waals surface area contributed by atoms with Crippen LogP contribution in [0.2, 0.25) is 5.02 Å². The third kappa shape index (κ3) is 4.49. The molecule has 6 heteroatoms. The highest BCUT2D eigenvalue weighted by molar-refractivity contribution is 6.30. The van der Waals surface area contributed by atoms with Crippen molar-refractivity contribution in [1.82, 2.24) is 10.2 Å². The first-order chi connectivity index (χ1) is 12.9. The number of hydrogen-bond acceptors (Lipinski definition) is 3. The smallest absolute Gasteiger partial charge is 0.248 e. The van der Waals surface area contributed by atoms with Gasteiger partial charge in [-0.15, -0.1) is 0 Å². The minimum Gasteiger partial charge on any atom is -0.366 e. The zero-order chi connectivity index (χ0) is 19.6. The van der Waals surface area contributed by atoms with Gasteiger partial charge in [-0.2, -0.15) is 0 Å². The number of primary amides is 1. The lowest BCUT2D eigenvalue weighted by molar-refractivity contribution is 0.100. The molecule has 1 saturated heterocycles. The van der Waals surface area contributed by atoms with E-state index in [2.05, 4.69) is 24.1 Å². The molecule has 4 nitrogen and oxygen atoms in total. The number of benzene rings is 2. The topological polar surface area (TPSA) is 58.4 Å². The summed E-state index contributed by atoms with van der Waals surface area (Å²) in [6.07, 6.45) is 0.979. The van der Waals surface area contributed by atoms with Crippen LogP contribution in [-0.2, 0) is 6.54 Å². The average Bonchev–Trinajstić information content (AvgIpc) is 3.07. The standard InChI is InChI=1S/C21H25ClFN3O/c1-13(2)26-10-9-19(20(26)16-7-8-17(22)18(23)11-16)25-12-14-3-5-15(6-4-14)21(24)27/h3-8,11,13,19-20,25H,9-10,12H2,1-2H3,(H2,24,27)/t19-,20+/m0/s1. The van der Waals surface area contributed by atoms with E-state index in [4.69, 9.17) is 17.3 Å². The van der Waals surface area contributed by atoms with Crippen molar-refractivity contribution in [2.24, 2.45) is 5.73 Å². The van der Waals surface area contributed by atoms with Crippen LogP contribution in [-0.4, -0.2) is 29.4 Å². The van der Waals surface area contributed by atoms with Gasteiger partial charge >= 0.3 is 0 Å². The van der Waals surface area contributed by atoms with Gasteiger partial charge in [0.2, 0.25) is 5.91 Å². The molecule has 2 atom stereocenters. The molecule has 0 spiro atoms. The van der Waals surface area contributed by atoms with Crippen molar-refractivity contribution in [2.45, 2.75) is 44.9 Å². The first kappa shape index (κ1) is 19.8. The second-order valence-electron chi connectivity index (χ2n) is 7.29. The van der Waals surface area contributed by atoms with Crippen molar-refractivity contribution in [3.8, 4) is 0 Å². The van der Waals surface area contributed by atoms with Crippen LogP contribution in [0.1, 0.15) is 47.8 Å². The van der Waals surface area contributed by atoms with E-state index in [0.717, 1.165) is 24.1 Å². The molecule has 144 valence electrons. The summed E-state index contributed by atoms with van der Waals surface area (Å²) in [6, 6.07) is 13.0. The van der Waals surface area contributed by atoms with Crippen molar-refractivity contribution in [3.63, 3.8) is 0 Å². The number of nitrogens with zero attached hydrogens (tertiary/aromatic N) is 1. The Morgan fingerprint density at radius 3 is 2.59 bits per heavy atom. The molecule has 0 bridgehead atoms. The lowest BCUT2D eigenvalue weighted by Gasteiger charge is -2.32. The first-order valence-corrected chi connectivity index (χ1v) is 9.57. The summed E-state index contributed by atoms with van der Waals surface area (Å²) in [4.78, 5) is 13.6. The van der Waals surface area contributed by atoms with Crippen LogP contribution >= 0.6 is 11.6 Å². The molecule has 27 heavy (non-hydrogen) atoms. The molecule has 1 aliphatic rings. The van der Waals surface area contributed by atoms with Gasteiger partial charge in [0.1, 0.15) is 5.82 Å². The maximum Gasteiger partial charge on any atom is 0.248 e. The van der Waals surface area contributed by atoms with Crippen LogP contribution in [0.15, 0.2) is 42.5 Å². The average molecular weight is 390 g/mol. The Labute approximate surface area is 164 Å². The molecule has 1 heterocycles. The zero-order valence-corrected chi connectivity index (χ0v) is 16.3. The molecular formula is C21H25ClFN3O. The molecule has 0 aliphatic carbocycles. The quantitative estimate of drug-likeness (QED) is 0.787. The van der Waals surface area contributed by atoms with E-state index < -0.39 is 5.91 Å². The number of likely N-dealkylation sites (tertiary alicyclic amines) is 1. The van der Waals surface area contributed by atoms with Crippen LogP contribution in [0.25, 0.3) is 0 Å². The minimum atomic E-state index is -0.428. The maximum atomic E-state index is 14.0. The first-order valence-electron chi connectivity index (χ1n) is 9.19. The Kier molecular flexibility index (Phi) is 6.15. The number of amides is 1. The molecule has 3 rings (SSSR count). The lowest BCUT2D eigenvalue weighted by atomic mass is 9.98. The van der Waals surface area contributed by atoms with Crippen LogP contribution in [0.5, 0.6) is 0 Å². The van der Waals surface area contributed by atoms with E-state index in [0.29, 0.717) is 18.2 Å². The van der Waals surface area contributed by atoms with E-state index in [9.17, 15) is 9.18 Å². The number of hydrogen-bond donors (Lipinski definition) is 2. The Balaban J connectivity index is 1.76. The van der Waals surface area contributed by atoms with Gasteiger partial charge in [0.05, 0.1) is 11.1 Å². The largest absolute Gasteiger partial charge is 0.366 e. The van der Waals surface area contributed by atoms with Gasteiger partial charge in [0.15, 0.2) is 0 Å². The van der Waals surface area contributed by atoms with Crippen LogP contribution in [0.3, 0.4) is 0 Å². The fourth-order valence-corrected chi connectivity index (χ4v) is 3.88. The number of halogens is 2. The molecule has 1 aliphatic heterocycles. The molecule has 1 fully saturated rings. The molecule has 0 aromatic heterocycles. The summed E-state index contributed by atoms with van der Waals surface area (Å²) in [5, 5.41) is 3.75. The molecule has 0 unspecified atom stereocenters. The highest BCUT2D eigenvalue weighted by Crippen LogP contribution is 2.35. The van der Waals surface area contributed by atoms with E-state index in [-0.39, 0.29) is 22.9 Å². The van der Waals surface area contributed by atoms with Gasteiger partial charge in [0.25, 0.3) is 0 Å². The monoisotopic (exact) mass is 389 g/mol. The number of carbonyl (C=O) groups excluding carboxylic acids is 1. The number of nitrogens with two attached hydrogens (primary N) is 1. The van der Waals surface area contributed by atoms with Gasteiger partial charge in [-0.1, -0.05) is 29.8 Å². The third-order valence-electron chi connectivity index (χ3n) is 5.19. The maximum absolute atomic E-state index is 14.0. The fourth-order valence-electron chi connectivity index (χ4n) is 3.77. The molecular weight excluding hydrogens is 365 g/mol. The lowest BCUT2D eigenvalue weighted by Crippen LogP contribution is -2.38. The summed E-state index contributed by atoms with van der Waals surface area (Å²) in [5.41, 5.74) is 7.79. The summed E-state index contributed by atoms with van der Waals surface area (Å²) in [5.74, 6) is -0.812. The highest BCUT2D eigenvalue weighted by atomic mass is 35.5. The van der Waals surface area contributed by atoms with Gasteiger partial charge in [-0.25, -0.2) is 4.39 Å². The zero-order valence-electron chi connectivity index (χ0n) is 15.6. The van der Waals surface area contributed by atoms with Crippen LogP contribution in [0, 0.1) is 5.82 Å². The predicted octanol–water partition coefficient (Wildman–Crippen LogP) is 3.89. The Morgan fingerprint density at radius 1 is 1.30 bits per heavy atom. The third-order valence-corrected chi connectivity index (χ3v) is 5.50. The van der Waals surface area contributed by atoms with Gasteiger partial charge in [0, 0.05) is 30.7 Å². The predicted molar refractivity (Wildman–Crippen MR) is 106 cm³/mol. The second kappa shape index (κ2) is 8.38. The summed E-state index contributed by atoms with van der Waals surface area (Å²) in [7, 11) is 0. The van der Waals surface area contributed by atoms with E-state index >= 15 is 0 Å². The SMILES string of the molecule is CC(C)N1CC[C@H](NCc2ccc(C(N)=O)cc2)[C@H]1c1ccc(Cl)c(F)c1. The van der Waals surface area contributed by atoms with E-state index in [1.54, 1.807) is 24.3 Å². The summed E-state index contributed by atoms with van der Waals surface area (Å²) >= 11 is 5.86. The summed E-state index contributed by atoms with van der Waals surface area (Å²) in [6.45, 7) is 5.93. The Bertz CT molecular complexity index is 810. The molecule has 2 aromatic carbocycles. The number of nitrogens with one attached hydrogen (secondary N) is 1. The van der Waals surface area contributed by atoms with E-state index in [1.807, 2.05) is 18.2 Å². The molecule has 2 aromatic rings. The second-order valence-corrected chi connectivity index (χ2v) is 7.69. The van der Waals surface area contributed by atoms with Gasteiger partial charge in [-0.05, 0) is 55.7 Å². The minimum absolute atomic E-state index is 0.0849. The molecule has 3 N–H and O–H groups in total. The summed E-state index contributed by atoms with van der Waals surface area (Å²) < 4.78 is 14.0. The van der Waals surface area contributed by atoms with Crippen molar-refractivity contribution in [1.29, 1.82) is 0 Å². The van der Waals surface area contributed by atoms with Crippen molar-refractivity contribution in [3.05, 3.63) is 70.0 Å². The van der Waals surface area contributed by atoms with E-state index in [1.165, 1.54) is 0 Å². The molecule has 1 amide bonds. The van der Waals surface area contributed by atoms with Crippen molar-refractivity contribution in [2.75, 3.05) is 6.54 Å².